The Morgan fingerprint density at radius 2 is 1.55 bits per heavy atom. The van der Waals surface area contributed by atoms with Gasteiger partial charge in [0.05, 0.1) is 0 Å². The number of hydrogen-bond donors (Lipinski definition) is 1. The molecule has 10 heteroatoms. The molecule has 29 heavy (non-hydrogen) atoms. The maximum absolute atomic E-state index is 12.7. The maximum atomic E-state index is 12.7. The number of halogens is 5. The van der Waals surface area contributed by atoms with E-state index in [1.807, 2.05) is 0 Å². The first-order valence-electron chi connectivity index (χ1n) is 8.35. The smallest absolute Gasteiger partial charge is 0.306 e. The zero-order valence-corrected chi connectivity index (χ0v) is 15.6. The number of aryl methyl sites for hydroxylation is 1. The molecule has 3 aromatic rings. The second-order valence-corrected chi connectivity index (χ2v) is 8.79. The SMILES string of the molecule is O=C(CCc1ccc(S(F)(F)(F)(F)F)cc1)c1cc(=O)[nH]c(-c2ccccc2)n1. The quantitative estimate of drug-likeness (QED) is 0.391. The number of benzene rings is 2. The van der Waals surface area contributed by atoms with Crippen LogP contribution in [0, 0.1) is 0 Å². The van der Waals surface area contributed by atoms with E-state index in [1.165, 1.54) is 0 Å². The van der Waals surface area contributed by atoms with Crippen LogP contribution >= 0.6 is 10.2 Å². The molecule has 0 spiro atoms. The van der Waals surface area contributed by atoms with Gasteiger partial charge in [0, 0.05) is 18.1 Å². The summed E-state index contributed by atoms with van der Waals surface area (Å²) in [7, 11) is -9.72. The number of aromatic nitrogens is 2. The highest BCUT2D eigenvalue weighted by molar-refractivity contribution is 8.45. The largest absolute Gasteiger partial charge is 0.310 e. The van der Waals surface area contributed by atoms with Crippen LogP contribution in [-0.2, 0) is 6.42 Å². The van der Waals surface area contributed by atoms with Crippen LogP contribution in [0.25, 0.3) is 11.4 Å². The second kappa shape index (κ2) is 6.51. The normalized spacial score (nSPS) is 14.1. The number of hydrogen-bond acceptors (Lipinski definition) is 3. The lowest BCUT2D eigenvalue weighted by Gasteiger charge is -2.40. The lowest BCUT2D eigenvalue weighted by atomic mass is 10.1. The van der Waals surface area contributed by atoms with Crippen LogP contribution in [0.4, 0.5) is 19.4 Å². The molecule has 0 bridgehead atoms. The molecule has 0 saturated heterocycles. The van der Waals surface area contributed by atoms with Gasteiger partial charge in [-0.15, -0.1) is 0 Å². The zero-order chi connectivity index (χ0) is 21.3. The molecule has 0 radical (unpaired) electrons. The molecule has 0 aliphatic carbocycles. The predicted molar refractivity (Wildman–Crippen MR) is 101 cm³/mol. The third kappa shape index (κ3) is 5.29. The van der Waals surface area contributed by atoms with Gasteiger partial charge < -0.3 is 4.98 Å². The van der Waals surface area contributed by atoms with Gasteiger partial charge in [-0.3, -0.25) is 9.59 Å². The Bertz CT molecular complexity index is 1110. The van der Waals surface area contributed by atoms with Crippen LogP contribution in [-0.4, -0.2) is 15.8 Å². The highest BCUT2D eigenvalue weighted by atomic mass is 32.5. The van der Waals surface area contributed by atoms with Crippen molar-refractivity contribution in [2.45, 2.75) is 17.7 Å². The molecule has 0 amide bonds. The molecule has 0 unspecified atom stereocenters. The van der Waals surface area contributed by atoms with Gasteiger partial charge in [0.1, 0.15) is 16.4 Å². The first-order chi connectivity index (χ1) is 13.3. The Kier molecular flexibility index (Phi) is 4.65. The molecule has 4 nitrogen and oxygen atoms in total. The topological polar surface area (TPSA) is 62.8 Å². The summed E-state index contributed by atoms with van der Waals surface area (Å²) in [5.74, 6) is -0.285. The highest BCUT2D eigenvalue weighted by Crippen LogP contribution is 3.02. The standard InChI is InChI=1S/C19H15F5N2O2S/c20-29(21,22,23,24)15-9-6-13(7-10-15)8-11-17(27)16-12-18(28)26-19(25-16)14-4-2-1-3-5-14/h1-7,9-10,12H,8,11H2,(H,25,26,28). The molecule has 0 atom stereocenters. The molecular formula is C19H15F5N2O2S. The average Bonchev–Trinajstić information content (AvgIpc) is 2.65. The van der Waals surface area contributed by atoms with Crippen LogP contribution in [0.2, 0.25) is 0 Å². The molecule has 0 aliphatic heterocycles. The van der Waals surface area contributed by atoms with Gasteiger partial charge >= 0.3 is 10.2 Å². The van der Waals surface area contributed by atoms with Crippen LogP contribution in [0.3, 0.4) is 0 Å². The molecule has 3 rings (SSSR count). The Hall–Kier alpha value is -3.01. The Labute approximate surface area is 162 Å². The molecule has 1 aromatic heterocycles. The fourth-order valence-electron chi connectivity index (χ4n) is 2.63. The second-order valence-electron chi connectivity index (χ2n) is 6.38. The minimum Gasteiger partial charge on any atom is -0.306 e. The number of rotatable bonds is 6. The number of carbonyl (C=O) groups excluding carboxylic acids is 1. The molecule has 0 aliphatic rings. The summed E-state index contributed by atoms with van der Waals surface area (Å²) in [5, 5.41) is 0. The average molecular weight is 430 g/mol. The lowest BCUT2D eigenvalue weighted by Crippen LogP contribution is -2.14. The number of ketones is 1. The molecule has 154 valence electrons. The summed E-state index contributed by atoms with van der Waals surface area (Å²) in [4.78, 5) is 28.9. The number of carbonyl (C=O) groups is 1. The van der Waals surface area contributed by atoms with Crippen molar-refractivity contribution < 1.29 is 24.2 Å². The summed E-state index contributed by atoms with van der Waals surface area (Å²) in [5.41, 5.74) is 0.265. The van der Waals surface area contributed by atoms with E-state index in [4.69, 9.17) is 0 Å². The van der Waals surface area contributed by atoms with E-state index in [0.29, 0.717) is 17.7 Å². The first kappa shape index (κ1) is 20.7. The zero-order valence-electron chi connectivity index (χ0n) is 14.7. The fourth-order valence-corrected chi connectivity index (χ4v) is 3.28. The Morgan fingerprint density at radius 1 is 0.931 bits per heavy atom. The third-order valence-electron chi connectivity index (χ3n) is 4.08. The predicted octanol–water partition coefficient (Wildman–Crippen LogP) is 5.91. The monoisotopic (exact) mass is 430 g/mol. The van der Waals surface area contributed by atoms with Gasteiger partial charge in [-0.1, -0.05) is 61.9 Å². The minimum absolute atomic E-state index is 0.00851. The summed E-state index contributed by atoms with van der Waals surface area (Å²) < 4.78 is 63.7. The van der Waals surface area contributed by atoms with E-state index in [2.05, 4.69) is 9.97 Å². The minimum atomic E-state index is -9.72. The van der Waals surface area contributed by atoms with E-state index in [0.717, 1.165) is 18.2 Å². The van der Waals surface area contributed by atoms with E-state index < -0.39 is 26.5 Å². The first-order valence-corrected chi connectivity index (χ1v) is 10.3. The lowest BCUT2D eigenvalue weighted by molar-refractivity contribution is 0.0977. The Morgan fingerprint density at radius 3 is 2.14 bits per heavy atom. The van der Waals surface area contributed by atoms with Crippen LogP contribution in [0.5, 0.6) is 0 Å². The van der Waals surface area contributed by atoms with Crippen molar-refractivity contribution in [3.63, 3.8) is 0 Å². The van der Waals surface area contributed by atoms with Gasteiger partial charge in [0.2, 0.25) is 0 Å². The van der Waals surface area contributed by atoms with E-state index >= 15 is 0 Å². The van der Waals surface area contributed by atoms with Crippen molar-refractivity contribution in [3.8, 4) is 11.4 Å². The number of nitrogens with zero attached hydrogens (tertiary/aromatic N) is 1. The van der Waals surface area contributed by atoms with Gasteiger partial charge in [0.25, 0.3) is 5.56 Å². The van der Waals surface area contributed by atoms with Gasteiger partial charge in [-0.2, -0.15) is 0 Å². The van der Waals surface area contributed by atoms with E-state index in [9.17, 15) is 29.0 Å². The van der Waals surface area contributed by atoms with E-state index in [-0.39, 0.29) is 29.9 Å². The van der Waals surface area contributed by atoms with Crippen LogP contribution in [0.15, 0.2) is 70.4 Å². The van der Waals surface area contributed by atoms with Crippen molar-refractivity contribution in [3.05, 3.63) is 82.3 Å². The molecule has 1 heterocycles. The summed E-state index contributed by atoms with van der Waals surface area (Å²) >= 11 is 0. The molecular weight excluding hydrogens is 415 g/mol. The van der Waals surface area contributed by atoms with Gasteiger partial charge in [-0.25, -0.2) is 4.98 Å². The van der Waals surface area contributed by atoms with Crippen molar-refractivity contribution in [2.24, 2.45) is 0 Å². The summed E-state index contributed by atoms with van der Waals surface area (Å²) in [6, 6.07) is 12.1. The Balaban J connectivity index is 1.75. The van der Waals surface area contributed by atoms with Crippen molar-refractivity contribution in [1.82, 2.24) is 9.97 Å². The summed E-state index contributed by atoms with van der Waals surface area (Å²) in [6.07, 6.45) is -0.144. The molecule has 0 fully saturated rings. The number of nitrogens with one attached hydrogen (secondary N) is 1. The molecule has 0 saturated carbocycles. The molecule has 1 N–H and O–H groups in total. The number of Topliss-reactive ketones (excluding diaryl/α,β-unsaturated/α-hetero) is 1. The number of H-pyrrole nitrogens is 1. The highest BCUT2D eigenvalue weighted by Gasteiger charge is 2.65. The van der Waals surface area contributed by atoms with Crippen molar-refractivity contribution in [2.75, 3.05) is 0 Å². The third-order valence-corrected chi connectivity index (χ3v) is 5.25. The van der Waals surface area contributed by atoms with Crippen molar-refractivity contribution >= 4 is 16.0 Å². The van der Waals surface area contributed by atoms with Gasteiger partial charge in [-0.05, 0) is 24.1 Å². The maximum Gasteiger partial charge on any atom is 0.310 e. The van der Waals surface area contributed by atoms with Crippen LogP contribution < -0.4 is 5.56 Å². The van der Waals surface area contributed by atoms with Crippen LogP contribution in [0.1, 0.15) is 22.5 Å². The van der Waals surface area contributed by atoms with E-state index in [1.54, 1.807) is 30.3 Å². The molecule has 2 aromatic carbocycles. The summed E-state index contributed by atoms with van der Waals surface area (Å²) in [6.45, 7) is 0. The van der Waals surface area contributed by atoms with Gasteiger partial charge in [0.15, 0.2) is 5.78 Å². The van der Waals surface area contributed by atoms with Crippen molar-refractivity contribution in [1.29, 1.82) is 0 Å². The fraction of sp³-hybridized carbons (Fsp3) is 0.105. The number of aromatic amines is 1.